The molecule has 4 nitrogen and oxygen atoms in total. The van der Waals surface area contributed by atoms with Crippen molar-refractivity contribution in [3.8, 4) is 0 Å². The van der Waals surface area contributed by atoms with Crippen LogP contribution in [0.2, 0.25) is 5.02 Å². The van der Waals surface area contributed by atoms with E-state index in [0.717, 1.165) is 11.3 Å². The molecule has 1 atom stereocenters. The summed E-state index contributed by atoms with van der Waals surface area (Å²) in [7, 11) is 0. The molecule has 0 N–H and O–H groups in total. The summed E-state index contributed by atoms with van der Waals surface area (Å²) in [5, 5.41) is 6.76. The second-order valence-corrected chi connectivity index (χ2v) is 6.25. The van der Waals surface area contributed by atoms with E-state index in [4.69, 9.17) is 16.0 Å². The molecule has 5 heteroatoms. The lowest BCUT2D eigenvalue weighted by Crippen LogP contribution is -2.27. The zero-order valence-electron chi connectivity index (χ0n) is 13.3. The quantitative estimate of drug-likeness (QED) is 0.672. The second-order valence-electron chi connectivity index (χ2n) is 5.81. The standard InChI is InChI=1S/C20H15ClN2O2/c21-16-10-8-14(9-11-16)18-13-17(19-7-4-12-25-19)22-23(18)20(24)15-5-2-1-3-6-15/h1-12,18H,13H2/t18-/m0/s1. The van der Waals surface area contributed by atoms with Gasteiger partial charge in [0.1, 0.15) is 11.5 Å². The first kappa shape index (κ1) is 15.7. The Labute approximate surface area is 150 Å². The van der Waals surface area contributed by atoms with Crippen molar-refractivity contribution in [2.45, 2.75) is 12.5 Å². The molecule has 2 aromatic carbocycles. The van der Waals surface area contributed by atoms with Gasteiger partial charge in [0.25, 0.3) is 5.91 Å². The van der Waals surface area contributed by atoms with E-state index < -0.39 is 0 Å². The van der Waals surface area contributed by atoms with Crippen LogP contribution in [0.15, 0.2) is 82.5 Å². The average molecular weight is 351 g/mol. The van der Waals surface area contributed by atoms with Crippen molar-refractivity contribution < 1.29 is 9.21 Å². The predicted molar refractivity (Wildman–Crippen MR) is 96.7 cm³/mol. The molecular weight excluding hydrogens is 336 g/mol. The Kier molecular flexibility index (Phi) is 4.12. The fraction of sp³-hybridized carbons (Fsp3) is 0.100. The van der Waals surface area contributed by atoms with Gasteiger partial charge in [-0.1, -0.05) is 41.9 Å². The zero-order valence-corrected chi connectivity index (χ0v) is 14.1. The summed E-state index contributed by atoms with van der Waals surface area (Å²) in [6, 6.07) is 20.2. The van der Waals surface area contributed by atoms with Crippen LogP contribution in [-0.4, -0.2) is 16.6 Å². The fourth-order valence-electron chi connectivity index (χ4n) is 2.95. The smallest absolute Gasteiger partial charge is 0.274 e. The number of carbonyl (C=O) groups excluding carboxylic acids is 1. The topological polar surface area (TPSA) is 45.8 Å². The van der Waals surface area contributed by atoms with Gasteiger partial charge < -0.3 is 4.42 Å². The van der Waals surface area contributed by atoms with Crippen LogP contribution < -0.4 is 0 Å². The molecule has 1 amide bonds. The minimum absolute atomic E-state index is 0.137. The van der Waals surface area contributed by atoms with Crippen molar-refractivity contribution in [3.63, 3.8) is 0 Å². The molecule has 4 rings (SSSR count). The molecule has 0 bridgehead atoms. The molecule has 0 spiro atoms. The van der Waals surface area contributed by atoms with Crippen LogP contribution in [0.3, 0.4) is 0 Å². The molecular formula is C20H15ClN2O2. The first-order valence-corrected chi connectivity index (χ1v) is 8.35. The van der Waals surface area contributed by atoms with Crippen LogP contribution in [0.5, 0.6) is 0 Å². The minimum atomic E-state index is -0.190. The van der Waals surface area contributed by atoms with Gasteiger partial charge >= 0.3 is 0 Å². The van der Waals surface area contributed by atoms with Gasteiger partial charge in [0.05, 0.1) is 12.3 Å². The van der Waals surface area contributed by atoms with Crippen molar-refractivity contribution in [1.29, 1.82) is 0 Å². The average Bonchev–Trinajstić information content (AvgIpc) is 3.32. The number of hydrogen-bond acceptors (Lipinski definition) is 3. The van der Waals surface area contributed by atoms with Gasteiger partial charge in [0, 0.05) is 17.0 Å². The maximum absolute atomic E-state index is 13.0. The number of rotatable bonds is 3. The number of halogens is 1. The van der Waals surface area contributed by atoms with E-state index in [2.05, 4.69) is 5.10 Å². The van der Waals surface area contributed by atoms with Crippen molar-refractivity contribution in [2.75, 3.05) is 0 Å². The normalized spacial score (nSPS) is 16.8. The molecule has 0 fully saturated rings. The monoisotopic (exact) mass is 350 g/mol. The number of benzene rings is 2. The number of furan rings is 1. The van der Waals surface area contributed by atoms with Crippen LogP contribution in [0, 0.1) is 0 Å². The molecule has 0 aliphatic carbocycles. The van der Waals surface area contributed by atoms with Crippen molar-refractivity contribution in [2.24, 2.45) is 5.10 Å². The number of carbonyl (C=O) groups is 1. The van der Waals surface area contributed by atoms with Crippen LogP contribution in [0.25, 0.3) is 0 Å². The first-order valence-electron chi connectivity index (χ1n) is 7.98. The Morgan fingerprint density at radius 3 is 2.48 bits per heavy atom. The summed E-state index contributed by atoms with van der Waals surface area (Å²) in [6.07, 6.45) is 2.20. The highest BCUT2D eigenvalue weighted by molar-refractivity contribution is 6.30. The number of nitrogens with zero attached hydrogens (tertiary/aromatic N) is 2. The van der Waals surface area contributed by atoms with Gasteiger partial charge in [-0.15, -0.1) is 0 Å². The fourth-order valence-corrected chi connectivity index (χ4v) is 3.07. The lowest BCUT2D eigenvalue weighted by Gasteiger charge is -2.22. The molecule has 2 heterocycles. The maximum atomic E-state index is 13.0. The molecule has 0 unspecified atom stereocenters. The molecule has 0 saturated carbocycles. The van der Waals surface area contributed by atoms with Gasteiger partial charge in [-0.25, -0.2) is 5.01 Å². The highest BCUT2D eigenvalue weighted by Crippen LogP contribution is 2.34. The highest BCUT2D eigenvalue weighted by Gasteiger charge is 2.34. The third-order valence-corrected chi connectivity index (χ3v) is 4.45. The van der Waals surface area contributed by atoms with Crippen LogP contribution in [0.1, 0.15) is 34.1 Å². The summed E-state index contributed by atoms with van der Waals surface area (Å²) in [5.41, 5.74) is 2.35. The predicted octanol–water partition coefficient (Wildman–Crippen LogP) is 4.92. The molecule has 25 heavy (non-hydrogen) atoms. The molecule has 1 aromatic heterocycles. The largest absolute Gasteiger partial charge is 0.463 e. The summed E-state index contributed by atoms with van der Waals surface area (Å²) in [5.74, 6) is 0.546. The third-order valence-electron chi connectivity index (χ3n) is 4.20. The molecule has 3 aromatic rings. The van der Waals surface area contributed by atoms with Gasteiger partial charge in [0.15, 0.2) is 0 Å². The number of hydrazone groups is 1. The van der Waals surface area contributed by atoms with Gasteiger partial charge in [-0.2, -0.15) is 5.10 Å². The van der Waals surface area contributed by atoms with Crippen LogP contribution in [-0.2, 0) is 0 Å². The minimum Gasteiger partial charge on any atom is -0.463 e. The van der Waals surface area contributed by atoms with Crippen LogP contribution >= 0.6 is 11.6 Å². The second kappa shape index (κ2) is 6.57. The Hall–Kier alpha value is -2.85. The van der Waals surface area contributed by atoms with E-state index in [1.54, 1.807) is 18.4 Å². The molecule has 0 radical (unpaired) electrons. The molecule has 1 aliphatic rings. The number of amides is 1. The van der Waals surface area contributed by atoms with E-state index in [-0.39, 0.29) is 11.9 Å². The molecule has 1 aliphatic heterocycles. The number of hydrogen-bond donors (Lipinski definition) is 0. The third kappa shape index (κ3) is 3.08. The Morgan fingerprint density at radius 1 is 1.04 bits per heavy atom. The maximum Gasteiger partial charge on any atom is 0.274 e. The van der Waals surface area contributed by atoms with E-state index in [0.29, 0.717) is 22.8 Å². The SMILES string of the molecule is O=C(c1ccccc1)N1N=C(c2ccco2)C[C@H]1c1ccc(Cl)cc1. The van der Waals surface area contributed by atoms with E-state index in [1.807, 2.05) is 54.6 Å². The zero-order chi connectivity index (χ0) is 17.2. The summed E-state index contributed by atoms with van der Waals surface area (Å²) in [6.45, 7) is 0. The lowest BCUT2D eigenvalue weighted by atomic mass is 10.0. The van der Waals surface area contributed by atoms with Gasteiger partial charge in [0.2, 0.25) is 0 Å². The van der Waals surface area contributed by atoms with E-state index >= 15 is 0 Å². The van der Waals surface area contributed by atoms with Crippen molar-refractivity contribution >= 4 is 23.2 Å². The highest BCUT2D eigenvalue weighted by atomic mass is 35.5. The van der Waals surface area contributed by atoms with E-state index in [9.17, 15) is 4.79 Å². The Balaban J connectivity index is 1.72. The Bertz CT molecular complexity index is 903. The molecule has 0 saturated heterocycles. The van der Waals surface area contributed by atoms with Gasteiger partial charge in [-0.3, -0.25) is 4.79 Å². The van der Waals surface area contributed by atoms with Crippen LogP contribution in [0.4, 0.5) is 0 Å². The lowest BCUT2D eigenvalue weighted by molar-refractivity contribution is 0.0711. The van der Waals surface area contributed by atoms with Gasteiger partial charge in [-0.05, 0) is 42.0 Å². The van der Waals surface area contributed by atoms with E-state index in [1.165, 1.54) is 5.01 Å². The molecule has 124 valence electrons. The summed E-state index contributed by atoms with van der Waals surface area (Å²) < 4.78 is 5.46. The van der Waals surface area contributed by atoms with Crippen molar-refractivity contribution in [3.05, 3.63) is 94.9 Å². The summed E-state index contributed by atoms with van der Waals surface area (Å²) in [4.78, 5) is 13.0. The Morgan fingerprint density at radius 2 is 1.80 bits per heavy atom. The summed E-state index contributed by atoms with van der Waals surface area (Å²) >= 11 is 6.00. The van der Waals surface area contributed by atoms with Crippen molar-refractivity contribution in [1.82, 2.24) is 5.01 Å². The first-order chi connectivity index (χ1) is 12.2.